The zero-order valence-electron chi connectivity index (χ0n) is 29.2. The van der Waals surface area contributed by atoms with Crippen molar-refractivity contribution in [2.45, 2.75) is 58.2 Å². The summed E-state index contributed by atoms with van der Waals surface area (Å²) in [6, 6.07) is 52.7. The first-order chi connectivity index (χ1) is 23.5. The third-order valence-corrected chi connectivity index (χ3v) is 10.9. The summed E-state index contributed by atoms with van der Waals surface area (Å²) in [6.07, 6.45) is 0. The molecule has 0 N–H and O–H groups in total. The summed E-state index contributed by atoms with van der Waals surface area (Å²) in [4.78, 5) is 2.42. The van der Waals surface area contributed by atoms with E-state index >= 15 is 0 Å². The minimum Gasteiger partial charge on any atom is -0.399 e. The zero-order valence-corrected chi connectivity index (χ0v) is 29.2. The van der Waals surface area contributed by atoms with Crippen LogP contribution in [0.15, 0.2) is 146 Å². The predicted octanol–water partition coefficient (Wildman–Crippen LogP) is 11.1. The van der Waals surface area contributed by atoms with Crippen LogP contribution in [0.25, 0.3) is 33.4 Å². The number of hydrogen-bond donors (Lipinski definition) is 0. The van der Waals surface area contributed by atoms with Gasteiger partial charge in [0.25, 0.3) is 0 Å². The highest BCUT2D eigenvalue weighted by Gasteiger charge is 2.51. The van der Waals surface area contributed by atoms with Gasteiger partial charge < -0.3 is 14.2 Å². The number of rotatable bonds is 6. The van der Waals surface area contributed by atoms with Gasteiger partial charge in [-0.2, -0.15) is 0 Å². The van der Waals surface area contributed by atoms with Gasteiger partial charge in [0, 0.05) is 22.4 Å². The molecule has 0 amide bonds. The molecule has 1 aliphatic carbocycles. The first-order valence-corrected chi connectivity index (χ1v) is 17.3. The third kappa shape index (κ3) is 5.31. The van der Waals surface area contributed by atoms with Crippen molar-refractivity contribution in [2.75, 3.05) is 4.90 Å². The lowest BCUT2D eigenvalue weighted by atomic mass is 9.78. The van der Waals surface area contributed by atoms with Crippen molar-refractivity contribution in [3.8, 4) is 33.4 Å². The SMILES string of the molecule is CC1(C)c2ccccc2-c2ccc(N(c3cccc(-c4cccc(B5OC(C)(C)C(C)(C)O5)c4)c3)c3ccccc3-c3ccccc3)cc21. The van der Waals surface area contributed by atoms with Crippen molar-refractivity contribution in [1.29, 1.82) is 0 Å². The molecule has 0 radical (unpaired) electrons. The molecule has 4 heteroatoms. The molecular formula is C45H42BNO2. The fourth-order valence-electron chi connectivity index (χ4n) is 7.46. The molecule has 1 aliphatic heterocycles. The Bertz CT molecular complexity index is 2170. The molecule has 3 nitrogen and oxygen atoms in total. The zero-order chi connectivity index (χ0) is 34.0. The van der Waals surface area contributed by atoms with Crippen molar-refractivity contribution in [3.05, 3.63) is 157 Å². The average Bonchev–Trinajstić information content (AvgIpc) is 3.48. The summed E-state index contributed by atoms with van der Waals surface area (Å²) in [5, 5.41) is 0. The maximum absolute atomic E-state index is 6.42. The molecule has 242 valence electrons. The van der Waals surface area contributed by atoms with Crippen LogP contribution in [0.5, 0.6) is 0 Å². The van der Waals surface area contributed by atoms with E-state index in [2.05, 4.69) is 192 Å². The Balaban J connectivity index is 1.26. The minimum atomic E-state index is -0.415. The van der Waals surface area contributed by atoms with E-state index in [1.54, 1.807) is 0 Å². The molecule has 0 atom stereocenters. The molecule has 0 spiro atoms. The van der Waals surface area contributed by atoms with Crippen LogP contribution in [0, 0.1) is 0 Å². The number of nitrogens with zero attached hydrogens (tertiary/aromatic N) is 1. The number of fused-ring (bicyclic) bond motifs is 3. The Kier molecular flexibility index (Phi) is 7.44. The second kappa shape index (κ2) is 11.6. The first kappa shape index (κ1) is 31.4. The lowest BCUT2D eigenvalue weighted by molar-refractivity contribution is 0.00578. The summed E-state index contributed by atoms with van der Waals surface area (Å²) in [7, 11) is -0.415. The van der Waals surface area contributed by atoms with Crippen LogP contribution in [0.1, 0.15) is 52.7 Å². The van der Waals surface area contributed by atoms with Gasteiger partial charge in [-0.25, -0.2) is 0 Å². The van der Waals surface area contributed by atoms with E-state index in [-0.39, 0.29) is 5.41 Å². The smallest absolute Gasteiger partial charge is 0.399 e. The fourth-order valence-corrected chi connectivity index (χ4v) is 7.46. The second-order valence-corrected chi connectivity index (χ2v) is 14.9. The highest BCUT2D eigenvalue weighted by Crippen LogP contribution is 2.51. The Morgan fingerprint density at radius 1 is 0.449 bits per heavy atom. The number of anilines is 3. The topological polar surface area (TPSA) is 21.7 Å². The van der Waals surface area contributed by atoms with Crippen molar-refractivity contribution in [3.63, 3.8) is 0 Å². The average molecular weight is 640 g/mol. The molecule has 0 unspecified atom stereocenters. The molecule has 49 heavy (non-hydrogen) atoms. The standard InChI is InChI=1S/C45H42BNO2/c1-43(2)40-24-12-10-23-38(40)39-27-26-36(30-41(39)43)47(42-25-13-11-22-37(42)31-16-8-7-9-17-31)35-21-15-19-33(29-35)32-18-14-20-34(28-32)46-48-44(3,4)45(5,6)49-46/h7-30H,1-6H3. The Labute approximate surface area is 291 Å². The lowest BCUT2D eigenvalue weighted by Crippen LogP contribution is -2.41. The van der Waals surface area contributed by atoms with Gasteiger partial charge in [0.1, 0.15) is 0 Å². The molecule has 6 aromatic rings. The molecule has 2 aliphatic rings. The van der Waals surface area contributed by atoms with Crippen LogP contribution in [0.2, 0.25) is 0 Å². The monoisotopic (exact) mass is 639 g/mol. The van der Waals surface area contributed by atoms with Crippen LogP contribution >= 0.6 is 0 Å². The Morgan fingerprint density at radius 3 is 1.78 bits per heavy atom. The van der Waals surface area contributed by atoms with Crippen molar-refractivity contribution < 1.29 is 9.31 Å². The Morgan fingerprint density at radius 2 is 1.02 bits per heavy atom. The molecule has 0 bridgehead atoms. The van der Waals surface area contributed by atoms with Gasteiger partial charge in [0.15, 0.2) is 0 Å². The highest BCUT2D eigenvalue weighted by molar-refractivity contribution is 6.62. The van der Waals surface area contributed by atoms with E-state index in [0.29, 0.717) is 0 Å². The second-order valence-electron chi connectivity index (χ2n) is 14.9. The number of benzene rings is 6. The molecular weight excluding hydrogens is 597 g/mol. The van der Waals surface area contributed by atoms with E-state index in [9.17, 15) is 0 Å². The fraction of sp³-hybridized carbons (Fsp3) is 0.200. The van der Waals surface area contributed by atoms with Gasteiger partial charge in [-0.05, 0) is 102 Å². The maximum atomic E-state index is 6.42. The number of para-hydroxylation sites is 1. The molecule has 0 aromatic heterocycles. The summed E-state index contributed by atoms with van der Waals surface area (Å²) >= 11 is 0. The minimum absolute atomic E-state index is 0.109. The summed E-state index contributed by atoms with van der Waals surface area (Å²) < 4.78 is 12.8. The third-order valence-electron chi connectivity index (χ3n) is 10.9. The van der Waals surface area contributed by atoms with Gasteiger partial charge in [0.05, 0.1) is 16.9 Å². The van der Waals surface area contributed by atoms with Crippen LogP contribution in [0.4, 0.5) is 17.1 Å². The van der Waals surface area contributed by atoms with Gasteiger partial charge in [0.2, 0.25) is 0 Å². The Hall–Kier alpha value is -4.90. The van der Waals surface area contributed by atoms with E-state index in [1.165, 1.54) is 33.4 Å². The van der Waals surface area contributed by atoms with Gasteiger partial charge in [-0.1, -0.05) is 129 Å². The van der Waals surface area contributed by atoms with Crippen molar-refractivity contribution in [2.24, 2.45) is 0 Å². The van der Waals surface area contributed by atoms with E-state index in [0.717, 1.165) is 33.7 Å². The predicted molar refractivity (Wildman–Crippen MR) is 205 cm³/mol. The van der Waals surface area contributed by atoms with Crippen LogP contribution < -0.4 is 10.4 Å². The summed E-state index contributed by atoms with van der Waals surface area (Å²) in [5.74, 6) is 0. The van der Waals surface area contributed by atoms with Gasteiger partial charge in [-0.3, -0.25) is 0 Å². The van der Waals surface area contributed by atoms with Crippen LogP contribution in [0.3, 0.4) is 0 Å². The molecule has 0 saturated carbocycles. The normalized spacial score (nSPS) is 16.7. The summed E-state index contributed by atoms with van der Waals surface area (Å²) in [5.41, 5.74) is 13.5. The van der Waals surface area contributed by atoms with Crippen molar-refractivity contribution in [1.82, 2.24) is 0 Å². The highest BCUT2D eigenvalue weighted by atomic mass is 16.7. The van der Waals surface area contributed by atoms with Crippen LogP contribution in [-0.4, -0.2) is 18.3 Å². The summed E-state index contributed by atoms with van der Waals surface area (Å²) in [6.45, 7) is 13.1. The van der Waals surface area contributed by atoms with E-state index in [1.807, 2.05) is 0 Å². The maximum Gasteiger partial charge on any atom is 0.494 e. The quantitative estimate of drug-likeness (QED) is 0.169. The first-order valence-electron chi connectivity index (χ1n) is 17.3. The largest absolute Gasteiger partial charge is 0.494 e. The molecule has 1 heterocycles. The lowest BCUT2D eigenvalue weighted by Gasteiger charge is -2.32. The van der Waals surface area contributed by atoms with Crippen molar-refractivity contribution >= 4 is 29.6 Å². The molecule has 8 rings (SSSR count). The molecule has 6 aromatic carbocycles. The number of hydrogen-bond acceptors (Lipinski definition) is 3. The molecule has 1 fully saturated rings. The van der Waals surface area contributed by atoms with Gasteiger partial charge >= 0.3 is 7.12 Å². The van der Waals surface area contributed by atoms with E-state index in [4.69, 9.17) is 9.31 Å². The molecule has 1 saturated heterocycles. The van der Waals surface area contributed by atoms with Crippen LogP contribution in [-0.2, 0) is 14.7 Å². The van der Waals surface area contributed by atoms with Gasteiger partial charge in [-0.15, -0.1) is 0 Å². The van der Waals surface area contributed by atoms with E-state index < -0.39 is 18.3 Å².